The van der Waals surface area contributed by atoms with Crippen molar-refractivity contribution >= 4 is 23.3 Å². The molecule has 0 amide bonds. The molecular weight excluding hydrogens is 247 g/mol. The number of hydrogen-bond acceptors (Lipinski definition) is 1. The average Bonchev–Trinajstić information content (AvgIpc) is 2.57. The fourth-order valence-corrected chi connectivity index (χ4v) is 2.88. The Morgan fingerprint density at radius 1 is 1.39 bits per heavy atom. The number of imidazole rings is 1. The average molecular weight is 266 g/mol. The Morgan fingerprint density at radius 3 is 2.61 bits per heavy atom. The van der Waals surface area contributed by atoms with Gasteiger partial charge in [-0.05, 0) is 49.2 Å². The van der Waals surface area contributed by atoms with Crippen LogP contribution in [0, 0.1) is 23.4 Å². The van der Waals surface area contributed by atoms with Crippen molar-refractivity contribution in [3.8, 4) is 0 Å². The van der Waals surface area contributed by atoms with Gasteiger partial charge in [-0.1, -0.05) is 20.8 Å². The van der Waals surface area contributed by atoms with E-state index < -0.39 is 0 Å². The minimum absolute atomic E-state index is 0.191. The van der Waals surface area contributed by atoms with Crippen LogP contribution in [0.4, 0.5) is 4.39 Å². The van der Waals surface area contributed by atoms with Crippen molar-refractivity contribution in [1.29, 1.82) is 0 Å². The van der Waals surface area contributed by atoms with Crippen LogP contribution in [0.5, 0.6) is 0 Å². The molecule has 4 heteroatoms. The molecule has 0 aliphatic carbocycles. The highest BCUT2D eigenvalue weighted by Gasteiger charge is 2.18. The van der Waals surface area contributed by atoms with Crippen molar-refractivity contribution < 1.29 is 4.39 Å². The van der Waals surface area contributed by atoms with Crippen molar-refractivity contribution in [2.24, 2.45) is 5.92 Å². The first kappa shape index (κ1) is 13.3. The Labute approximate surface area is 112 Å². The van der Waals surface area contributed by atoms with Crippen LogP contribution in [0.2, 0.25) is 0 Å². The third-order valence-corrected chi connectivity index (χ3v) is 3.82. The summed E-state index contributed by atoms with van der Waals surface area (Å²) in [6.45, 7) is 8.31. The number of benzene rings is 1. The normalized spacial score (nSPS) is 13.4. The fraction of sp³-hybridized carbons (Fsp3) is 0.500. The van der Waals surface area contributed by atoms with Crippen LogP contribution < -0.4 is 0 Å². The van der Waals surface area contributed by atoms with Gasteiger partial charge in [0.25, 0.3) is 0 Å². The topological polar surface area (TPSA) is 20.7 Å². The summed E-state index contributed by atoms with van der Waals surface area (Å²) in [6, 6.07) is 3.75. The van der Waals surface area contributed by atoms with Crippen LogP contribution in [0.25, 0.3) is 11.0 Å². The van der Waals surface area contributed by atoms with E-state index >= 15 is 0 Å². The van der Waals surface area contributed by atoms with E-state index in [0.29, 0.717) is 22.3 Å². The second kappa shape index (κ2) is 4.84. The lowest BCUT2D eigenvalue weighted by Gasteiger charge is -2.21. The van der Waals surface area contributed by atoms with E-state index in [1.54, 1.807) is 6.92 Å². The maximum atomic E-state index is 13.6. The Hall–Kier alpha value is -1.16. The number of aromatic amines is 1. The van der Waals surface area contributed by atoms with E-state index in [0.717, 1.165) is 17.5 Å². The molecule has 1 atom stereocenters. The van der Waals surface area contributed by atoms with E-state index in [9.17, 15) is 4.39 Å². The number of aromatic nitrogens is 2. The molecule has 1 aromatic carbocycles. The predicted octanol–water partition coefficient (Wildman–Crippen LogP) is 4.75. The van der Waals surface area contributed by atoms with Crippen LogP contribution in [-0.4, -0.2) is 9.55 Å². The predicted molar refractivity (Wildman–Crippen MR) is 76.0 cm³/mol. The van der Waals surface area contributed by atoms with E-state index in [1.807, 2.05) is 6.07 Å². The zero-order valence-corrected chi connectivity index (χ0v) is 12.1. The number of nitrogens with one attached hydrogen (secondary N) is 1. The minimum Gasteiger partial charge on any atom is -0.330 e. The molecule has 2 aromatic rings. The second-order valence-electron chi connectivity index (χ2n) is 5.14. The fourth-order valence-electron chi connectivity index (χ4n) is 2.53. The summed E-state index contributed by atoms with van der Waals surface area (Å²) in [7, 11) is 0. The molecule has 0 saturated heterocycles. The minimum atomic E-state index is -0.191. The number of nitrogens with zero attached hydrogens (tertiary/aromatic N) is 1. The highest BCUT2D eigenvalue weighted by atomic mass is 32.1. The maximum Gasteiger partial charge on any atom is 0.178 e. The van der Waals surface area contributed by atoms with E-state index in [1.165, 1.54) is 6.07 Å². The van der Waals surface area contributed by atoms with Crippen molar-refractivity contribution in [1.82, 2.24) is 9.55 Å². The Balaban J connectivity index is 2.74. The van der Waals surface area contributed by atoms with Gasteiger partial charge in [0.05, 0.1) is 11.0 Å². The molecular formula is C14H19FN2S. The molecule has 0 saturated carbocycles. The lowest BCUT2D eigenvalue weighted by atomic mass is 10.0. The highest BCUT2D eigenvalue weighted by Crippen LogP contribution is 2.28. The first-order valence-corrected chi connectivity index (χ1v) is 6.76. The number of aryl methyl sites for hydroxylation is 1. The summed E-state index contributed by atoms with van der Waals surface area (Å²) < 4.78 is 16.4. The summed E-state index contributed by atoms with van der Waals surface area (Å²) in [5, 5.41) is 0. The summed E-state index contributed by atoms with van der Waals surface area (Å²) >= 11 is 5.39. The molecule has 0 spiro atoms. The third-order valence-electron chi connectivity index (χ3n) is 3.52. The molecule has 2 rings (SSSR count). The van der Waals surface area contributed by atoms with Crippen LogP contribution in [-0.2, 0) is 0 Å². The van der Waals surface area contributed by atoms with E-state index in [4.69, 9.17) is 12.2 Å². The van der Waals surface area contributed by atoms with Gasteiger partial charge in [0.2, 0.25) is 0 Å². The lowest BCUT2D eigenvalue weighted by Crippen LogP contribution is -2.14. The number of rotatable bonds is 3. The zero-order valence-electron chi connectivity index (χ0n) is 11.2. The van der Waals surface area contributed by atoms with Crippen molar-refractivity contribution in [2.45, 2.75) is 40.2 Å². The van der Waals surface area contributed by atoms with Gasteiger partial charge >= 0.3 is 0 Å². The SMILES string of the molecule is CCC(C(C)C)n1c(=S)[nH]c2cc(F)c(C)cc21. The quantitative estimate of drug-likeness (QED) is 0.795. The zero-order chi connectivity index (χ0) is 13.4. The molecule has 1 N–H and O–H groups in total. The van der Waals surface area contributed by atoms with Crippen molar-refractivity contribution in [3.63, 3.8) is 0 Å². The molecule has 1 heterocycles. The van der Waals surface area contributed by atoms with Crippen LogP contribution in [0.3, 0.4) is 0 Å². The van der Waals surface area contributed by atoms with Gasteiger partial charge in [0, 0.05) is 6.04 Å². The Morgan fingerprint density at radius 2 is 2.06 bits per heavy atom. The lowest BCUT2D eigenvalue weighted by molar-refractivity contribution is 0.370. The monoisotopic (exact) mass is 266 g/mol. The molecule has 1 aromatic heterocycles. The number of fused-ring (bicyclic) bond motifs is 1. The first-order chi connectivity index (χ1) is 8.45. The molecule has 98 valence electrons. The van der Waals surface area contributed by atoms with Gasteiger partial charge in [-0.25, -0.2) is 4.39 Å². The number of H-pyrrole nitrogens is 1. The van der Waals surface area contributed by atoms with Gasteiger partial charge in [-0.2, -0.15) is 0 Å². The van der Waals surface area contributed by atoms with Gasteiger partial charge in [-0.15, -0.1) is 0 Å². The second-order valence-corrected chi connectivity index (χ2v) is 5.53. The summed E-state index contributed by atoms with van der Waals surface area (Å²) in [4.78, 5) is 3.10. The number of halogens is 1. The van der Waals surface area contributed by atoms with Gasteiger partial charge in [0.15, 0.2) is 4.77 Å². The van der Waals surface area contributed by atoms with Gasteiger partial charge in [0.1, 0.15) is 5.82 Å². The van der Waals surface area contributed by atoms with Gasteiger partial charge < -0.3 is 9.55 Å². The standard InChI is InChI=1S/C14H19FN2S/c1-5-12(8(2)3)17-13-6-9(4)10(15)7-11(13)16-14(17)18/h6-8,12H,5H2,1-4H3,(H,16,18). The molecule has 0 radical (unpaired) electrons. The molecule has 2 nitrogen and oxygen atoms in total. The van der Waals surface area contributed by atoms with Crippen molar-refractivity contribution in [2.75, 3.05) is 0 Å². The van der Waals surface area contributed by atoms with Gasteiger partial charge in [-0.3, -0.25) is 0 Å². The van der Waals surface area contributed by atoms with E-state index in [2.05, 4.69) is 30.3 Å². The van der Waals surface area contributed by atoms with Crippen LogP contribution >= 0.6 is 12.2 Å². The first-order valence-electron chi connectivity index (χ1n) is 6.36. The summed E-state index contributed by atoms with van der Waals surface area (Å²) in [5.74, 6) is 0.301. The molecule has 18 heavy (non-hydrogen) atoms. The summed E-state index contributed by atoms with van der Waals surface area (Å²) in [6.07, 6.45) is 1.01. The highest BCUT2D eigenvalue weighted by molar-refractivity contribution is 7.71. The molecule has 0 aliphatic rings. The molecule has 0 fully saturated rings. The molecule has 0 aliphatic heterocycles. The van der Waals surface area contributed by atoms with Crippen LogP contribution in [0.1, 0.15) is 38.8 Å². The summed E-state index contributed by atoms with van der Waals surface area (Å²) in [5.41, 5.74) is 2.44. The Kier molecular flexibility index (Phi) is 3.57. The molecule has 0 bridgehead atoms. The van der Waals surface area contributed by atoms with Crippen molar-refractivity contribution in [3.05, 3.63) is 28.3 Å². The largest absolute Gasteiger partial charge is 0.330 e. The maximum absolute atomic E-state index is 13.6. The smallest absolute Gasteiger partial charge is 0.178 e. The van der Waals surface area contributed by atoms with E-state index in [-0.39, 0.29) is 5.82 Å². The number of hydrogen-bond donors (Lipinski definition) is 1. The third kappa shape index (κ3) is 2.09. The van der Waals surface area contributed by atoms with Crippen LogP contribution in [0.15, 0.2) is 12.1 Å². The molecule has 1 unspecified atom stereocenters. The Bertz CT molecular complexity index is 624.